The summed E-state index contributed by atoms with van der Waals surface area (Å²) in [5.41, 5.74) is 8.10. The Morgan fingerprint density at radius 3 is 2.35 bits per heavy atom. The van der Waals surface area contributed by atoms with Crippen molar-refractivity contribution in [3.8, 4) is 0 Å². The minimum atomic E-state index is -1.02. The molecule has 0 heterocycles. The Hall–Kier alpha value is -1.74. The Morgan fingerprint density at radius 2 is 1.80 bits per heavy atom. The second-order valence-electron chi connectivity index (χ2n) is 5.27. The third kappa shape index (κ3) is 2.46. The molecule has 0 aliphatic rings. The molecule has 1 unspecified atom stereocenters. The topological polar surface area (TPSA) is 26.0 Å². The Kier molecular flexibility index (Phi) is 3.91. The molecule has 106 valence electrons. The molecule has 0 aromatic heterocycles. The standard InChI is InChI=1S/C17H19F2N/c1-4-17(20,13-6-5-7-14(18)10-13)16-12(3)8-11(2)9-15(16)19/h5-10H,4,20H2,1-3H3. The van der Waals surface area contributed by atoms with E-state index >= 15 is 0 Å². The number of nitrogens with two attached hydrogens (primary N) is 1. The van der Waals surface area contributed by atoms with Gasteiger partial charge in [-0.15, -0.1) is 0 Å². The van der Waals surface area contributed by atoms with E-state index in [1.54, 1.807) is 12.1 Å². The average molecular weight is 275 g/mol. The monoisotopic (exact) mass is 275 g/mol. The van der Waals surface area contributed by atoms with Crippen molar-refractivity contribution >= 4 is 0 Å². The number of benzene rings is 2. The third-order valence-electron chi connectivity index (χ3n) is 3.78. The maximum atomic E-state index is 14.4. The van der Waals surface area contributed by atoms with E-state index in [1.807, 2.05) is 26.8 Å². The van der Waals surface area contributed by atoms with Gasteiger partial charge in [-0.2, -0.15) is 0 Å². The molecule has 0 saturated carbocycles. The van der Waals surface area contributed by atoms with Crippen molar-refractivity contribution < 1.29 is 8.78 Å². The first kappa shape index (κ1) is 14.7. The van der Waals surface area contributed by atoms with E-state index in [2.05, 4.69) is 0 Å². The van der Waals surface area contributed by atoms with Crippen molar-refractivity contribution in [2.75, 3.05) is 0 Å². The molecule has 0 aliphatic carbocycles. The second kappa shape index (κ2) is 5.33. The van der Waals surface area contributed by atoms with Gasteiger partial charge in [-0.05, 0) is 55.2 Å². The lowest BCUT2D eigenvalue weighted by Crippen LogP contribution is -2.39. The quantitative estimate of drug-likeness (QED) is 0.893. The van der Waals surface area contributed by atoms with Crippen molar-refractivity contribution in [2.24, 2.45) is 5.73 Å². The minimum absolute atomic E-state index is 0.337. The molecule has 0 bridgehead atoms. The van der Waals surface area contributed by atoms with Gasteiger partial charge >= 0.3 is 0 Å². The molecule has 1 atom stereocenters. The minimum Gasteiger partial charge on any atom is -0.318 e. The van der Waals surface area contributed by atoms with Gasteiger partial charge in [-0.25, -0.2) is 8.78 Å². The van der Waals surface area contributed by atoms with E-state index in [0.29, 0.717) is 17.5 Å². The van der Waals surface area contributed by atoms with E-state index in [0.717, 1.165) is 11.1 Å². The van der Waals surface area contributed by atoms with Gasteiger partial charge in [0, 0.05) is 5.56 Å². The molecular weight excluding hydrogens is 256 g/mol. The predicted molar refractivity (Wildman–Crippen MR) is 77.5 cm³/mol. The highest BCUT2D eigenvalue weighted by Gasteiger charge is 2.32. The van der Waals surface area contributed by atoms with Gasteiger partial charge in [-0.1, -0.05) is 25.1 Å². The van der Waals surface area contributed by atoms with Crippen LogP contribution in [0.4, 0.5) is 8.78 Å². The lowest BCUT2D eigenvalue weighted by molar-refractivity contribution is 0.472. The number of rotatable bonds is 3. The Balaban J connectivity index is 2.68. The summed E-state index contributed by atoms with van der Waals surface area (Å²) in [6.45, 7) is 5.55. The van der Waals surface area contributed by atoms with E-state index in [9.17, 15) is 8.78 Å². The summed E-state index contributed by atoms with van der Waals surface area (Å²) in [5, 5.41) is 0. The molecule has 2 aromatic carbocycles. The van der Waals surface area contributed by atoms with Gasteiger partial charge < -0.3 is 5.73 Å². The maximum absolute atomic E-state index is 14.4. The summed E-state index contributed by atoms with van der Waals surface area (Å²) in [6.07, 6.45) is 0.483. The molecule has 2 N–H and O–H groups in total. The first-order chi connectivity index (χ1) is 9.38. The molecule has 20 heavy (non-hydrogen) atoms. The Labute approximate surface area is 118 Å². The summed E-state index contributed by atoms with van der Waals surface area (Å²) in [7, 11) is 0. The van der Waals surface area contributed by atoms with Gasteiger partial charge in [0.25, 0.3) is 0 Å². The van der Waals surface area contributed by atoms with Crippen molar-refractivity contribution in [1.29, 1.82) is 0 Å². The zero-order valence-corrected chi connectivity index (χ0v) is 12.0. The van der Waals surface area contributed by atoms with Crippen molar-refractivity contribution in [3.05, 3.63) is 70.3 Å². The highest BCUT2D eigenvalue weighted by atomic mass is 19.1. The van der Waals surface area contributed by atoms with E-state index in [4.69, 9.17) is 5.73 Å². The summed E-state index contributed by atoms with van der Waals surface area (Å²) in [5.74, 6) is -0.702. The lowest BCUT2D eigenvalue weighted by atomic mass is 9.79. The summed E-state index contributed by atoms with van der Waals surface area (Å²) < 4.78 is 27.9. The molecule has 0 spiro atoms. The molecule has 3 heteroatoms. The van der Waals surface area contributed by atoms with Crippen LogP contribution in [0.3, 0.4) is 0 Å². The molecule has 0 radical (unpaired) electrons. The number of halogens is 2. The van der Waals surface area contributed by atoms with E-state index in [-0.39, 0.29) is 11.6 Å². The predicted octanol–water partition coefficient (Wildman–Crippen LogP) is 4.19. The molecule has 0 amide bonds. The number of aryl methyl sites for hydroxylation is 2. The first-order valence-corrected chi connectivity index (χ1v) is 6.70. The van der Waals surface area contributed by atoms with Gasteiger partial charge in [0.05, 0.1) is 5.54 Å². The van der Waals surface area contributed by atoms with Gasteiger partial charge in [0.15, 0.2) is 0 Å². The van der Waals surface area contributed by atoms with Crippen molar-refractivity contribution in [1.82, 2.24) is 0 Å². The largest absolute Gasteiger partial charge is 0.318 e. The first-order valence-electron chi connectivity index (χ1n) is 6.70. The van der Waals surface area contributed by atoms with Crippen LogP contribution in [0, 0.1) is 25.5 Å². The van der Waals surface area contributed by atoms with Gasteiger partial charge in [0.2, 0.25) is 0 Å². The third-order valence-corrected chi connectivity index (χ3v) is 3.78. The molecule has 2 aromatic rings. The zero-order valence-electron chi connectivity index (χ0n) is 12.0. The zero-order chi connectivity index (χ0) is 14.9. The van der Waals surface area contributed by atoms with Crippen LogP contribution in [0.15, 0.2) is 36.4 Å². The molecule has 2 rings (SSSR count). The van der Waals surface area contributed by atoms with Crippen LogP contribution < -0.4 is 5.73 Å². The Morgan fingerprint density at radius 1 is 1.10 bits per heavy atom. The van der Waals surface area contributed by atoms with Crippen molar-refractivity contribution in [3.63, 3.8) is 0 Å². The van der Waals surface area contributed by atoms with Crippen LogP contribution in [0.5, 0.6) is 0 Å². The van der Waals surface area contributed by atoms with Crippen LogP contribution in [-0.2, 0) is 5.54 Å². The summed E-state index contributed by atoms with van der Waals surface area (Å²) >= 11 is 0. The van der Waals surface area contributed by atoms with Gasteiger partial charge in [0.1, 0.15) is 11.6 Å². The fourth-order valence-electron chi connectivity index (χ4n) is 2.77. The van der Waals surface area contributed by atoms with Crippen LogP contribution >= 0.6 is 0 Å². The fraction of sp³-hybridized carbons (Fsp3) is 0.294. The molecule has 0 saturated heterocycles. The van der Waals surface area contributed by atoms with Gasteiger partial charge in [-0.3, -0.25) is 0 Å². The maximum Gasteiger partial charge on any atom is 0.129 e. The molecule has 1 nitrogen and oxygen atoms in total. The molecule has 0 fully saturated rings. The van der Waals surface area contributed by atoms with Crippen LogP contribution in [0.1, 0.15) is 35.6 Å². The van der Waals surface area contributed by atoms with Crippen LogP contribution in [-0.4, -0.2) is 0 Å². The fourth-order valence-corrected chi connectivity index (χ4v) is 2.77. The number of hydrogen-bond acceptors (Lipinski definition) is 1. The summed E-state index contributed by atoms with van der Waals surface area (Å²) in [6, 6.07) is 9.45. The molecule has 0 aliphatic heterocycles. The van der Waals surface area contributed by atoms with Crippen LogP contribution in [0.2, 0.25) is 0 Å². The second-order valence-corrected chi connectivity index (χ2v) is 5.27. The van der Waals surface area contributed by atoms with Crippen LogP contribution in [0.25, 0.3) is 0 Å². The van der Waals surface area contributed by atoms with E-state index < -0.39 is 5.54 Å². The lowest BCUT2D eigenvalue weighted by Gasteiger charge is -2.31. The SMILES string of the molecule is CCC(N)(c1cccc(F)c1)c1c(C)cc(C)cc1F. The highest BCUT2D eigenvalue weighted by molar-refractivity contribution is 5.44. The number of hydrogen-bond donors (Lipinski definition) is 1. The Bertz CT molecular complexity index is 614. The highest BCUT2D eigenvalue weighted by Crippen LogP contribution is 2.35. The normalized spacial score (nSPS) is 14.1. The summed E-state index contributed by atoms with van der Waals surface area (Å²) in [4.78, 5) is 0. The average Bonchev–Trinajstić information content (AvgIpc) is 2.37. The van der Waals surface area contributed by atoms with E-state index in [1.165, 1.54) is 18.2 Å². The smallest absolute Gasteiger partial charge is 0.129 e. The van der Waals surface area contributed by atoms with Crippen molar-refractivity contribution in [2.45, 2.75) is 32.7 Å². The molecular formula is C17H19F2N.